The first-order valence-corrected chi connectivity index (χ1v) is 9.51. The van der Waals surface area contributed by atoms with Crippen molar-refractivity contribution in [1.82, 2.24) is 20.2 Å². The minimum Gasteiger partial charge on any atom is -0.384 e. The van der Waals surface area contributed by atoms with Crippen molar-refractivity contribution < 1.29 is 8.78 Å². The smallest absolute Gasteiger partial charge is 0.190 e. The number of halogens is 2. The lowest BCUT2D eigenvalue weighted by Crippen LogP contribution is -2.14. The van der Waals surface area contributed by atoms with Gasteiger partial charge in [0.2, 0.25) is 0 Å². The van der Waals surface area contributed by atoms with Gasteiger partial charge < -0.3 is 16.0 Å². The van der Waals surface area contributed by atoms with Crippen LogP contribution < -0.4 is 16.0 Å². The van der Waals surface area contributed by atoms with E-state index in [1.807, 2.05) is 12.1 Å². The molecule has 0 saturated heterocycles. The number of rotatable bonds is 7. The molecule has 154 valence electrons. The maximum Gasteiger partial charge on any atom is 0.190 e. The van der Waals surface area contributed by atoms with Gasteiger partial charge in [-0.25, -0.2) is 13.8 Å². The van der Waals surface area contributed by atoms with Crippen LogP contribution in [0.25, 0.3) is 0 Å². The summed E-state index contributed by atoms with van der Waals surface area (Å²) in [4.78, 5) is 8.32. The molecule has 30 heavy (non-hydrogen) atoms. The molecule has 4 rings (SSSR count). The molecular formula is C20H20F2N8. The highest BCUT2D eigenvalue weighted by Gasteiger charge is 2.26. The Bertz CT molecular complexity index is 1100. The molecule has 0 bridgehead atoms. The van der Waals surface area contributed by atoms with E-state index >= 15 is 4.39 Å². The summed E-state index contributed by atoms with van der Waals surface area (Å²) in [5.41, 5.74) is 1.58. The molecule has 1 saturated carbocycles. The van der Waals surface area contributed by atoms with Crippen molar-refractivity contribution in [2.24, 2.45) is 0 Å². The van der Waals surface area contributed by atoms with Gasteiger partial charge in [-0.3, -0.25) is 10.1 Å². The van der Waals surface area contributed by atoms with Crippen molar-refractivity contribution in [3.05, 3.63) is 53.0 Å². The summed E-state index contributed by atoms with van der Waals surface area (Å²) in [5, 5.41) is 25.4. The molecule has 4 N–H and O–H groups in total. The van der Waals surface area contributed by atoms with E-state index in [-0.39, 0.29) is 22.9 Å². The number of H-pyrrole nitrogens is 1. The van der Waals surface area contributed by atoms with Crippen LogP contribution in [-0.2, 0) is 0 Å². The molecule has 3 aromatic heterocycles. The van der Waals surface area contributed by atoms with Crippen LogP contribution in [0.2, 0.25) is 0 Å². The molecular weight excluding hydrogens is 390 g/mol. The summed E-state index contributed by atoms with van der Waals surface area (Å²) >= 11 is 0. The van der Waals surface area contributed by atoms with E-state index in [2.05, 4.69) is 36.1 Å². The Kier molecular flexibility index (Phi) is 5.18. The number of nitrogens with one attached hydrogen (secondary N) is 4. The zero-order valence-electron chi connectivity index (χ0n) is 16.4. The van der Waals surface area contributed by atoms with Gasteiger partial charge in [0.25, 0.3) is 0 Å². The van der Waals surface area contributed by atoms with E-state index in [0.29, 0.717) is 17.4 Å². The van der Waals surface area contributed by atoms with E-state index in [0.717, 1.165) is 24.7 Å². The summed E-state index contributed by atoms with van der Waals surface area (Å²) < 4.78 is 28.2. The second-order valence-corrected chi connectivity index (χ2v) is 7.11. The summed E-state index contributed by atoms with van der Waals surface area (Å²) in [6.45, 7) is 1.79. The molecule has 1 fully saturated rings. The average Bonchev–Trinajstić information content (AvgIpc) is 3.49. The Labute approximate surface area is 171 Å². The van der Waals surface area contributed by atoms with Crippen molar-refractivity contribution in [2.75, 3.05) is 23.0 Å². The number of nitriles is 1. The van der Waals surface area contributed by atoms with E-state index in [9.17, 15) is 9.65 Å². The zero-order chi connectivity index (χ0) is 21.3. The lowest BCUT2D eigenvalue weighted by molar-refractivity contribution is 0.617. The van der Waals surface area contributed by atoms with Crippen molar-refractivity contribution in [3.63, 3.8) is 0 Å². The quantitative estimate of drug-likeness (QED) is 0.462. The predicted octanol–water partition coefficient (Wildman–Crippen LogP) is 4.19. The van der Waals surface area contributed by atoms with Gasteiger partial charge in [-0.2, -0.15) is 10.4 Å². The number of aromatic amines is 1. The average molecular weight is 410 g/mol. The Hall–Kier alpha value is -3.74. The van der Waals surface area contributed by atoms with Crippen LogP contribution in [0, 0.1) is 23.0 Å². The lowest BCUT2D eigenvalue weighted by atomic mass is 10.1. The fourth-order valence-electron chi connectivity index (χ4n) is 3.14. The molecule has 0 aromatic carbocycles. The molecule has 10 heteroatoms. The normalized spacial score (nSPS) is 14.1. The highest BCUT2D eigenvalue weighted by Crippen LogP contribution is 2.40. The van der Waals surface area contributed by atoms with Crippen molar-refractivity contribution in [2.45, 2.75) is 31.7 Å². The largest absolute Gasteiger partial charge is 0.384 e. The van der Waals surface area contributed by atoms with Crippen LogP contribution in [0.1, 0.15) is 48.7 Å². The van der Waals surface area contributed by atoms with Crippen LogP contribution in [0.3, 0.4) is 0 Å². The van der Waals surface area contributed by atoms with Gasteiger partial charge in [-0.05, 0) is 31.9 Å². The van der Waals surface area contributed by atoms with Gasteiger partial charge in [0.1, 0.15) is 23.3 Å². The SMILES string of the molecule is CNc1c(F)c(Nc2cc(C3CC3)[nH]n2)nc(N[C@@H](C)c2ccc(F)cn2)c1C#N. The Morgan fingerprint density at radius 1 is 1.27 bits per heavy atom. The third kappa shape index (κ3) is 3.87. The molecule has 1 aliphatic rings. The number of aromatic nitrogens is 4. The minimum atomic E-state index is -0.692. The summed E-state index contributed by atoms with van der Waals surface area (Å²) in [7, 11) is 1.53. The second kappa shape index (κ2) is 7.94. The third-order valence-electron chi connectivity index (χ3n) is 4.91. The topological polar surface area (TPSA) is 114 Å². The maximum absolute atomic E-state index is 15.0. The van der Waals surface area contributed by atoms with Crippen LogP contribution in [0.15, 0.2) is 24.4 Å². The Balaban J connectivity index is 1.66. The van der Waals surface area contributed by atoms with Crippen molar-refractivity contribution in [1.29, 1.82) is 5.26 Å². The van der Waals surface area contributed by atoms with Gasteiger partial charge >= 0.3 is 0 Å². The monoisotopic (exact) mass is 410 g/mol. The first kappa shape index (κ1) is 19.6. The van der Waals surface area contributed by atoms with Gasteiger partial charge in [-0.15, -0.1) is 0 Å². The minimum absolute atomic E-state index is 0.00900. The van der Waals surface area contributed by atoms with Gasteiger partial charge in [0, 0.05) is 24.7 Å². The number of nitrogens with zero attached hydrogens (tertiary/aromatic N) is 4. The molecule has 0 aliphatic heterocycles. The Morgan fingerprint density at radius 2 is 2.07 bits per heavy atom. The molecule has 8 nitrogen and oxygen atoms in total. The van der Waals surface area contributed by atoms with Crippen LogP contribution in [0.5, 0.6) is 0 Å². The molecule has 3 heterocycles. The van der Waals surface area contributed by atoms with E-state index < -0.39 is 17.7 Å². The zero-order valence-corrected chi connectivity index (χ0v) is 16.4. The summed E-state index contributed by atoms with van der Waals surface area (Å²) in [5.74, 6) is -0.133. The number of anilines is 4. The van der Waals surface area contributed by atoms with Gasteiger partial charge in [0.15, 0.2) is 17.5 Å². The van der Waals surface area contributed by atoms with E-state index in [1.54, 1.807) is 6.92 Å². The Morgan fingerprint density at radius 3 is 2.70 bits per heavy atom. The van der Waals surface area contributed by atoms with Crippen LogP contribution in [0.4, 0.5) is 31.9 Å². The molecule has 1 aliphatic carbocycles. The van der Waals surface area contributed by atoms with E-state index in [4.69, 9.17) is 0 Å². The second-order valence-electron chi connectivity index (χ2n) is 7.11. The number of pyridine rings is 2. The van der Waals surface area contributed by atoms with Crippen molar-refractivity contribution in [3.8, 4) is 6.07 Å². The third-order valence-corrected chi connectivity index (χ3v) is 4.91. The van der Waals surface area contributed by atoms with Crippen LogP contribution >= 0.6 is 0 Å². The molecule has 0 unspecified atom stereocenters. The standard InChI is InChI=1S/C20H20F2N8/c1-10(14-6-5-12(21)9-25-14)26-19-13(8-23)18(24-2)17(22)20(28-19)27-16-7-15(29-30-16)11-3-4-11/h5-7,9-11H,3-4H2,1-2H3,(H4,24,26,27,28,29,30)/t10-/m0/s1. The van der Waals surface area contributed by atoms with Gasteiger partial charge in [-0.1, -0.05) is 0 Å². The highest BCUT2D eigenvalue weighted by molar-refractivity contribution is 5.74. The lowest BCUT2D eigenvalue weighted by Gasteiger charge is -2.18. The molecule has 3 aromatic rings. The van der Waals surface area contributed by atoms with Crippen molar-refractivity contribution >= 4 is 23.1 Å². The molecule has 0 amide bonds. The van der Waals surface area contributed by atoms with E-state index in [1.165, 1.54) is 19.2 Å². The number of hydrogen-bond donors (Lipinski definition) is 4. The first-order chi connectivity index (χ1) is 14.5. The number of hydrogen-bond acceptors (Lipinski definition) is 7. The highest BCUT2D eigenvalue weighted by atomic mass is 19.1. The maximum atomic E-state index is 15.0. The molecule has 0 spiro atoms. The predicted molar refractivity (Wildman–Crippen MR) is 109 cm³/mol. The molecule has 1 atom stereocenters. The first-order valence-electron chi connectivity index (χ1n) is 9.51. The summed E-state index contributed by atoms with van der Waals surface area (Å²) in [6, 6.07) is 6.24. The molecule has 0 radical (unpaired) electrons. The summed E-state index contributed by atoms with van der Waals surface area (Å²) in [6.07, 6.45) is 3.33. The fraction of sp³-hybridized carbons (Fsp3) is 0.300. The van der Waals surface area contributed by atoms with Crippen LogP contribution in [-0.4, -0.2) is 27.2 Å². The fourth-order valence-corrected chi connectivity index (χ4v) is 3.14. The van der Waals surface area contributed by atoms with Gasteiger partial charge in [0.05, 0.1) is 23.6 Å².